The Morgan fingerprint density at radius 2 is 1.14 bits per heavy atom. The topological polar surface area (TPSA) is 150 Å². The number of anilines is 3. The van der Waals surface area contributed by atoms with Gasteiger partial charge < -0.3 is 16.4 Å². The normalized spacial score (nSPS) is 18.2. The van der Waals surface area contributed by atoms with Crippen molar-refractivity contribution in [3.05, 3.63) is 104 Å². The van der Waals surface area contributed by atoms with Crippen LogP contribution in [0.1, 0.15) is 88.0 Å². The summed E-state index contributed by atoms with van der Waals surface area (Å²) in [6.45, 7) is 16.2. The molecule has 6 rings (SSSR count). The van der Waals surface area contributed by atoms with Gasteiger partial charge in [-0.2, -0.15) is 4.39 Å². The zero-order chi connectivity index (χ0) is 43.5. The summed E-state index contributed by atoms with van der Waals surface area (Å²) in [6, 6.07) is 15.3. The number of pyridine rings is 4. The van der Waals surface area contributed by atoms with Crippen LogP contribution >= 0.6 is 98.5 Å². The Hall–Kier alpha value is -1.88. The van der Waals surface area contributed by atoms with E-state index in [4.69, 9.17) is 46.3 Å². The second-order valence-corrected chi connectivity index (χ2v) is 19.2. The third-order valence-electron chi connectivity index (χ3n) is 8.06. The van der Waals surface area contributed by atoms with Crippen molar-refractivity contribution < 1.29 is 9.31 Å². The monoisotopic (exact) mass is 1120 g/mol. The van der Waals surface area contributed by atoms with Gasteiger partial charge >= 0.3 is 0 Å². The van der Waals surface area contributed by atoms with Gasteiger partial charge in [-0.3, -0.25) is 10.1 Å². The second kappa shape index (κ2) is 28.6. The molecule has 58 heavy (non-hydrogen) atoms. The Morgan fingerprint density at radius 3 is 1.48 bits per heavy atom. The average Bonchev–Trinajstić information content (AvgIpc) is 3.10. The lowest BCUT2D eigenvalue weighted by Crippen LogP contribution is -2.39. The minimum atomic E-state index is -0.778. The molecule has 1 aliphatic heterocycles. The maximum atomic E-state index is 12.1. The van der Waals surface area contributed by atoms with Gasteiger partial charge in [0, 0.05) is 38.8 Å². The fourth-order valence-electron chi connectivity index (χ4n) is 5.42. The van der Waals surface area contributed by atoms with E-state index in [0.29, 0.717) is 35.9 Å². The summed E-state index contributed by atoms with van der Waals surface area (Å²) in [5.74, 6) is 4.99. The van der Waals surface area contributed by atoms with E-state index >= 15 is 0 Å². The summed E-state index contributed by atoms with van der Waals surface area (Å²) >= 11 is 29.7. The smallest absolute Gasteiger partial charge is 0.214 e. The number of nitro groups is 1. The Balaban J connectivity index is 0.000000690. The Morgan fingerprint density at radius 1 is 0.707 bits per heavy atom. The molecule has 0 amide bonds. The molecule has 10 nitrogen and oxygen atoms in total. The van der Waals surface area contributed by atoms with Crippen LogP contribution in [0.4, 0.5) is 21.8 Å². The predicted octanol–water partition coefficient (Wildman–Crippen LogP) is 14.7. The SMILES string of the molecule is C.CC(C)(C)[N+](=O)[O-].C[C@@H]1CCC[C@H](C)C1.C[C@@H]1C[C@H](C)CN(c2ccc(Cl)c(Br)n2)C1.Fc1ccc(Cl)c(Br)n1.Nc1ccc(Cl)c(Br)n1.Nc1cccc(Br)n1. The minimum absolute atomic E-state index is 0. The van der Waals surface area contributed by atoms with Crippen molar-refractivity contribution in [1.29, 1.82) is 0 Å². The summed E-state index contributed by atoms with van der Waals surface area (Å²) in [5.41, 5.74) is 9.87. The molecule has 5 heterocycles. The fraction of sp³-hybridized carbons (Fsp3) is 0.500. The number of hydrogen-bond acceptors (Lipinski definition) is 9. The van der Waals surface area contributed by atoms with Crippen LogP contribution in [0.3, 0.4) is 0 Å². The predicted molar refractivity (Wildman–Crippen MR) is 257 cm³/mol. The standard InChI is InChI=1S/C12H16BrClN2.C8H16.C5H2BrClFN.C5H4BrClN2.C5H5BrN2.C4H9NO2.CH4/c1-8-5-9(2)7-16(6-8)11-4-3-10(14)12(13)15-11;1-7-4-3-5-8(2)6-7;2*6-5-3(7)1-2-4(8)9-5;6-4-2-1-3-5(7)8-4;1-4(2,3)5(6)7;/h3-4,8-9H,5-7H2,1-2H3;7-8H,3-6H2,1-2H3;1-2H;1-2H,(H2,8,9);1-3H,(H2,7,8);1-3H3;1H4/t8-,9+;7-,8+;;;;;. The molecule has 0 bridgehead atoms. The highest BCUT2D eigenvalue weighted by Crippen LogP contribution is 2.29. The van der Waals surface area contributed by atoms with Gasteiger partial charge in [-0.05, 0) is 149 Å². The maximum absolute atomic E-state index is 12.1. The number of rotatable bonds is 1. The highest BCUT2D eigenvalue weighted by Gasteiger charge is 2.23. The van der Waals surface area contributed by atoms with Gasteiger partial charge in [0.05, 0.1) is 15.1 Å². The van der Waals surface area contributed by atoms with Crippen LogP contribution in [0, 0.1) is 39.7 Å². The molecule has 1 aliphatic carbocycles. The molecule has 0 radical (unpaired) electrons. The van der Waals surface area contributed by atoms with Crippen LogP contribution < -0.4 is 16.4 Å². The number of nitrogens with zero attached hydrogens (tertiary/aromatic N) is 6. The number of nitrogens with two attached hydrogens (primary N) is 2. The van der Waals surface area contributed by atoms with Crippen LogP contribution in [0.15, 0.2) is 73.0 Å². The van der Waals surface area contributed by atoms with Crippen molar-refractivity contribution >= 4 is 116 Å². The number of hydrogen-bond donors (Lipinski definition) is 2. The van der Waals surface area contributed by atoms with Gasteiger partial charge in [-0.15, -0.1) is 0 Å². The van der Waals surface area contributed by atoms with Crippen molar-refractivity contribution in [3.8, 4) is 0 Å². The molecule has 0 spiro atoms. The molecular formula is C40H56Br4Cl3FN8O2. The van der Waals surface area contributed by atoms with Crippen LogP contribution in [-0.4, -0.2) is 43.5 Å². The van der Waals surface area contributed by atoms with Crippen molar-refractivity contribution in [3.63, 3.8) is 0 Å². The first kappa shape index (κ1) is 56.1. The van der Waals surface area contributed by atoms with Gasteiger partial charge in [-0.1, -0.05) is 95.3 Å². The number of aromatic nitrogens is 4. The van der Waals surface area contributed by atoms with Crippen LogP contribution in [0.5, 0.6) is 0 Å². The largest absolute Gasteiger partial charge is 0.384 e. The third-order valence-corrected chi connectivity index (χ3v) is 11.9. The highest BCUT2D eigenvalue weighted by atomic mass is 79.9. The van der Waals surface area contributed by atoms with E-state index in [9.17, 15) is 14.5 Å². The van der Waals surface area contributed by atoms with E-state index in [1.165, 1.54) is 44.2 Å². The van der Waals surface area contributed by atoms with Gasteiger partial charge in [0.2, 0.25) is 11.5 Å². The zero-order valence-electron chi connectivity index (χ0n) is 33.1. The molecule has 1 saturated carbocycles. The molecule has 0 unspecified atom stereocenters. The minimum Gasteiger partial charge on any atom is -0.384 e. The highest BCUT2D eigenvalue weighted by molar-refractivity contribution is 9.11. The quantitative estimate of drug-likeness (QED) is 0.108. The van der Waals surface area contributed by atoms with E-state index in [-0.39, 0.29) is 12.3 Å². The first-order valence-corrected chi connectivity index (χ1v) is 22.4. The molecule has 4 aromatic heterocycles. The number of nitrogen functional groups attached to an aromatic ring is 2. The van der Waals surface area contributed by atoms with Gasteiger partial charge in [0.15, 0.2) is 0 Å². The first-order valence-electron chi connectivity index (χ1n) is 18.1. The fourth-order valence-corrected chi connectivity index (χ4v) is 7.05. The van der Waals surface area contributed by atoms with Crippen molar-refractivity contribution in [2.24, 2.45) is 23.7 Å². The Kier molecular flexibility index (Phi) is 27.7. The first-order chi connectivity index (χ1) is 26.5. The molecule has 324 valence electrons. The molecule has 4 N–H and O–H groups in total. The van der Waals surface area contributed by atoms with E-state index in [0.717, 1.165) is 51.8 Å². The number of halogens is 8. The van der Waals surface area contributed by atoms with E-state index < -0.39 is 11.5 Å². The molecule has 4 atom stereocenters. The van der Waals surface area contributed by atoms with Gasteiger partial charge in [0.25, 0.3) is 0 Å². The third kappa shape index (κ3) is 24.4. The molecule has 2 aliphatic rings. The van der Waals surface area contributed by atoms with Gasteiger partial charge in [-0.25, -0.2) is 19.9 Å². The number of piperidine rings is 1. The molecule has 4 aromatic rings. The Bertz CT molecular complexity index is 1750. The summed E-state index contributed by atoms with van der Waals surface area (Å²) < 4.78 is 14.6. The lowest BCUT2D eigenvalue weighted by molar-refractivity contribution is -0.555. The van der Waals surface area contributed by atoms with E-state index in [2.05, 4.69) is 116 Å². The van der Waals surface area contributed by atoms with Crippen molar-refractivity contribution in [1.82, 2.24) is 19.9 Å². The molecule has 0 aromatic carbocycles. The zero-order valence-corrected chi connectivity index (χ0v) is 41.7. The van der Waals surface area contributed by atoms with Crippen LogP contribution in [0.25, 0.3) is 0 Å². The average molecular weight is 1130 g/mol. The van der Waals surface area contributed by atoms with Crippen molar-refractivity contribution in [2.75, 3.05) is 29.5 Å². The second-order valence-electron chi connectivity index (χ2n) is 14.9. The lowest BCUT2D eigenvalue weighted by Gasteiger charge is -2.35. The molecule has 18 heteroatoms. The molecule has 1 saturated heterocycles. The summed E-state index contributed by atoms with van der Waals surface area (Å²) in [5, 5.41) is 11.5. The Labute approximate surface area is 392 Å². The molecule has 2 fully saturated rings. The van der Waals surface area contributed by atoms with E-state index in [1.807, 2.05) is 24.3 Å². The summed E-state index contributed by atoms with van der Waals surface area (Å²) in [4.78, 5) is 27.4. The lowest BCUT2D eigenvalue weighted by atomic mass is 9.84. The molecular weight excluding hydrogens is 1070 g/mol. The van der Waals surface area contributed by atoms with Crippen LogP contribution in [-0.2, 0) is 0 Å². The summed E-state index contributed by atoms with van der Waals surface area (Å²) in [7, 11) is 0. The van der Waals surface area contributed by atoms with Gasteiger partial charge in [0.1, 0.15) is 35.9 Å². The van der Waals surface area contributed by atoms with E-state index in [1.54, 1.807) is 39.0 Å². The maximum Gasteiger partial charge on any atom is 0.214 e. The summed E-state index contributed by atoms with van der Waals surface area (Å²) in [6.07, 6.45) is 7.21. The van der Waals surface area contributed by atoms with Crippen LogP contribution in [0.2, 0.25) is 15.1 Å². The van der Waals surface area contributed by atoms with Crippen molar-refractivity contribution in [2.45, 2.75) is 93.5 Å².